The number of ether oxygens (including phenoxy) is 1. The molecule has 0 saturated carbocycles. The van der Waals surface area contributed by atoms with E-state index in [2.05, 4.69) is 50.3 Å². The summed E-state index contributed by atoms with van der Waals surface area (Å²) in [4.78, 5) is 13.3. The lowest BCUT2D eigenvalue weighted by Gasteiger charge is -2.28. The zero-order chi connectivity index (χ0) is 19.6. The molecule has 0 saturated heterocycles. The van der Waals surface area contributed by atoms with E-state index in [1.807, 2.05) is 30.5 Å². The van der Waals surface area contributed by atoms with Gasteiger partial charge in [-0.3, -0.25) is 4.90 Å². The number of aromatic nitrogens is 3. The molecule has 0 unspecified atom stereocenters. The second-order valence-corrected chi connectivity index (χ2v) is 7.84. The molecule has 29 heavy (non-hydrogen) atoms. The average Bonchev–Trinajstić information content (AvgIpc) is 3.15. The molecule has 1 aliphatic rings. The lowest BCUT2D eigenvalue weighted by atomic mass is 10.1. The van der Waals surface area contributed by atoms with Crippen LogP contribution < -0.4 is 4.74 Å². The average molecular weight is 403 g/mol. The Labute approximate surface area is 174 Å². The van der Waals surface area contributed by atoms with Crippen molar-refractivity contribution in [3.05, 3.63) is 88.1 Å². The van der Waals surface area contributed by atoms with Crippen molar-refractivity contribution in [2.75, 3.05) is 6.54 Å². The van der Waals surface area contributed by atoms with Crippen molar-refractivity contribution < 1.29 is 4.74 Å². The van der Waals surface area contributed by atoms with Crippen LogP contribution >= 0.6 is 12.2 Å². The Morgan fingerprint density at radius 2 is 2.03 bits per heavy atom. The minimum atomic E-state index is 0.567. The molecule has 2 aromatic heterocycles. The van der Waals surface area contributed by atoms with Crippen LogP contribution in [0, 0.1) is 4.77 Å². The second kappa shape index (κ2) is 7.81. The normalized spacial score (nSPS) is 14.1. The smallest absolute Gasteiger partial charge is 0.196 e. The fourth-order valence-electron chi connectivity index (χ4n) is 3.90. The second-order valence-electron chi connectivity index (χ2n) is 7.45. The van der Waals surface area contributed by atoms with Gasteiger partial charge in [0.25, 0.3) is 0 Å². The van der Waals surface area contributed by atoms with Gasteiger partial charge >= 0.3 is 0 Å². The van der Waals surface area contributed by atoms with Crippen LogP contribution in [0.3, 0.4) is 0 Å². The van der Waals surface area contributed by atoms with E-state index in [1.54, 1.807) is 0 Å². The summed E-state index contributed by atoms with van der Waals surface area (Å²) in [7, 11) is 0. The van der Waals surface area contributed by atoms with E-state index < -0.39 is 0 Å². The van der Waals surface area contributed by atoms with Crippen molar-refractivity contribution in [3.8, 4) is 5.75 Å². The van der Waals surface area contributed by atoms with Crippen molar-refractivity contribution in [1.82, 2.24) is 19.9 Å². The van der Waals surface area contributed by atoms with Gasteiger partial charge in [-0.15, -0.1) is 0 Å². The number of hydrogen-bond donors (Lipinski definition) is 2. The molecule has 0 amide bonds. The van der Waals surface area contributed by atoms with Crippen molar-refractivity contribution in [2.24, 2.45) is 0 Å². The maximum Gasteiger partial charge on any atom is 0.196 e. The van der Waals surface area contributed by atoms with Gasteiger partial charge in [0, 0.05) is 60.6 Å². The highest BCUT2D eigenvalue weighted by molar-refractivity contribution is 7.71. The minimum Gasteiger partial charge on any atom is -0.489 e. The van der Waals surface area contributed by atoms with Crippen LogP contribution in [0.4, 0.5) is 0 Å². The minimum absolute atomic E-state index is 0.567. The molecule has 1 aliphatic heterocycles. The molecule has 0 radical (unpaired) electrons. The fraction of sp³-hybridized carbons (Fsp3) is 0.217. The van der Waals surface area contributed by atoms with Crippen LogP contribution in [0.5, 0.6) is 5.75 Å². The third kappa shape index (κ3) is 3.95. The van der Waals surface area contributed by atoms with E-state index in [-0.39, 0.29) is 0 Å². The molecule has 6 heteroatoms. The summed E-state index contributed by atoms with van der Waals surface area (Å²) in [6, 6.07) is 16.5. The molecular formula is C23H22N4OS. The van der Waals surface area contributed by atoms with Gasteiger partial charge in [-0.1, -0.05) is 30.3 Å². The van der Waals surface area contributed by atoms with Gasteiger partial charge in [-0.05, 0) is 41.5 Å². The summed E-state index contributed by atoms with van der Waals surface area (Å²) >= 11 is 5.14. The Morgan fingerprint density at radius 3 is 2.93 bits per heavy atom. The van der Waals surface area contributed by atoms with Gasteiger partial charge in [-0.25, -0.2) is 4.98 Å². The van der Waals surface area contributed by atoms with Crippen LogP contribution in [-0.2, 0) is 26.1 Å². The van der Waals surface area contributed by atoms with Gasteiger partial charge in [0.15, 0.2) is 4.77 Å². The Kier molecular flexibility index (Phi) is 4.87. The predicted octanol–water partition coefficient (Wildman–Crippen LogP) is 4.76. The number of rotatable bonds is 5. The summed E-state index contributed by atoms with van der Waals surface area (Å²) < 4.78 is 6.59. The van der Waals surface area contributed by atoms with Crippen molar-refractivity contribution in [1.29, 1.82) is 0 Å². The quantitative estimate of drug-likeness (QED) is 0.473. The summed E-state index contributed by atoms with van der Waals surface area (Å²) in [5.41, 5.74) is 6.04. The molecule has 2 N–H and O–H groups in total. The number of nitrogens with zero attached hydrogens (tertiary/aromatic N) is 2. The van der Waals surface area contributed by atoms with Crippen LogP contribution in [0.1, 0.15) is 22.4 Å². The van der Waals surface area contributed by atoms with Crippen molar-refractivity contribution in [3.63, 3.8) is 0 Å². The lowest BCUT2D eigenvalue weighted by molar-refractivity contribution is 0.243. The predicted molar refractivity (Wildman–Crippen MR) is 116 cm³/mol. The fourth-order valence-corrected chi connectivity index (χ4v) is 4.08. The number of hydrogen-bond acceptors (Lipinski definition) is 4. The van der Waals surface area contributed by atoms with E-state index in [0.29, 0.717) is 11.4 Å². The standard InChI is InChI=1S/C23H22N4OS/c29-23-25-12-18-14-27(9-8-21(18)26-23)13-17-11-24-22-7-6-19(10-20(17)22)28-15-16-4-2-1-3-5-16/h1-7,10-12,24H,8-9,13-15H2,(H,25,26,29). The van der Waals surface area contributed by atoms with E-state index in [1.165, 1.54) is 27.8 Å². The molecule has 146 valence electrons. The Balaban J connectivity index is 1.32. The summed E-state index contributed by atoms with van der Waals surface area (Å²) in [5.74, 6) is 0.892. The van der Waals surface area contributed by atoms with Gasteiger partial charge < -0.3 is 14.7 Å². The molecule has 5 rings (SSSR count). The molecule has 5 nitrogen and oxygen atoms in total. The first-order valence-corrected chi connectivity index (χ1v) is 10.2. The highest BCUT2D eigenvalue weighted by Gasteiger charge is 2.18. The molecule has 2 aromatic carbocycles. The number of nitrogens with one attached hydrogen (secondary N) is 2. The number of benzene rings is 2. The number of fused-ring (bicyclic) bond motifs is 2. The molecule has 0 atom stereocenters. The van der Waals surface area contributed by atoms with Crippen LogP contribution in [0.15, 0.2) is 60.9 Å². The Bertz CT molecular complexity index is 1200. The molecule has 3 heterocycles. The maximum absolute atomic E-state index is 6.02. The molecule has 4 aromatic rings. The SMILES string of the molecule is S=c1ncc2c([nH]1)CCN(Cc1c[nH]c3ccc(OCc4ccccc4)cc13)C2. The van der Waals surface area contributed by atoms with Gasteiger partial charge in [0.05, 0.1) is 0 Å². The third-order valence-corrected chi connectivity index (χ3v) is 5.64. The highest BCUT2D eigenvalue weighted by atomic mass is 32.1. The molecule has 0 aliphatic carbocycles. The zero-order valence-electron chi connectivity index (χ0n) is 16.0. The highest BCUT2D eigenvalue weighted by Crippen LogP contribution is 2.27. The van der Waals surface area contributed by atoms with Crippen LogP contribution in [-0.4, -0.2) is 26.4 Å². The number of aromatic amines is 2. The van der Waals surface area contributed by atoms with Crippen molar-refractivity contribution in [2.45, 2.75) is 26.1 Å². The molecule has 0 bridgehead atoms. The first kappa shape index (κ1) is 18.1. The number of H-pyrrole nitrogens is 2. The van der Waals surface area contributed by atoms with E-state index in [4.69, 9.17) is 17.0 Å². The Hall–Kier alpha value is -2.96. The zero-order valence-corrected chi connectivity index (χ0v) is 16.8. The maximum atomic E-state index is 6.02. The van der Waals surface area contributed by atoms with Crippen molar-refractivity contribution >= 4 is 23.1 Å². The monoisotopic (exact) mass is 402 g/mol. The van der Waals surface area contributed by atoms with Gasteiger partial charge in [0.1, 0.15) is 12.4 Å². The van der Waals surface area contributed by atoms with E-state index in [9.17, 15) is 0 Å². The van der Waals surface area contributed by atoms with Crippen LogP contribution in [0.2, 0.25) is 0 Å². The third-order valence-electron chi connectivity index (χ3n) is 5.44. The van der Waals surface area contributed by atoms with E-state index >= 15 is 0 Å². The van der Waals surface area contributed by atoms with Crippen LogP contribution in [0.25, 0.3) is 10.9 Å². The first-order chi connectivity index (χ1) is 14.2. The Morgan fingerprint density at radius 1 is 1.14 bits per heavy atom. The molecular weight excluding hydrogens is 380 g/mol. The summed E-state index contributed by atoms with van der Waals surface area (Å²) in [5, 5.41) is 1.21. The topological polar surface area (TPSA) is 56.9 Å². The van der Waals surface area contributed by atoms with E-state index in [0.717, 1.165) is 37.3 Å². The lowest BCUT2D eigenvalue weighted by Crippen LogP contribution is -2.30. The first-order valence-electron chi connectivity index (χ1n) is 9.81. The van der Waals surface area contributed by atoms with Gasteiger partial charge in [0.2, 0.25) is 0 Å². The molecule has 0 spiro atoms. The van der Waals surface area contributed by atoms with Gasteiger partial charge in [-0.2, -0.15) is 0 Å². The molecule has 0 fully saturated rings. The largest absolute Gasteiger partial charge is 0.489 e. The summed E-state index contributed by atoms with van der Waals surface area (Å²) in [6.45, 7) is 3.34. The summed E-state index contributed by atoms with van der Waals surface area (Å²) in [6.07, 6.45) is 4.98.